The number of aliphatic hydroxyl groups excluding tert-OH is 1. The molecule has 0 radical (unpaired) electrons. The second-order valence-electron chi connectivity index (χ2n) is 2.67. The fraction of sp³-hybridized carbons (Fsp3) is 1.00. The number of hydrogen-bond donors (Lipinski definition) is 2. The minimum Gasteiger partial charge on any atom is -0.393 e. The van der Waals surface area contributed by atoms with Gasteiger partial charge in [0.15, 0.2) is 0 Å². The molecule has 2 heteroatoms. The summed E-state index contributed by atoms with van der Waals surface area (Å²) < 4.78 is 0. The van der Waals surface area contributed by atoms with Crippen LogP contribution in [-0.4, -0.2) is 17.3 Å². The Morgan fingerprint density at radius 1 is 1.50 bits per heavy atom. The summed E-state index contributed by atoms with van der Waals surface area (Å²) in [5, 5.41) is 9.09. The summed E-state index contributed by atoms with van der Waals surface area (Å²) in [4.78, 5) is 0. The third-order valence-corrected chi connectivity index (χ3v) is 2.08. The zero-order chi connectivity index (χ0) is 6.15. The average Bonchev–Trinajstić information content (AvgIpc) is 1.98. The van der Waals surface area contributed by atoms with E-state index in [2.05, 4.69) is 0 Å². The lowest BCUT2D eigenvalue weighted by atomic mass is 10.1. The predicted octanol–water partition coefficient (Wildman–Crippen LogP) is 0.104. The van der Waals surface area contributed by atoms with Crippen LogP contribution in [-0.2, 0) is 0 Å². The van der Waals surface area contributed by atoms with Crippen molar-refractivity contribution in [2.75, 3.05) is 0 Å². The molecule has 0 aromatic carbocycles. The summed E-state index contributed by atoms with van der Waals surface area (Å²) in [5.74, 6) is 0.315. The first-order valence-electron chi connectivity index (χ1n) is 3.15. The zero-order valence-corrected chi connectivity index (χ0v) is 5.17. The summed E-state index contributed by atoms with van der Waals surface area (Å²) >= 11 is 0. The molecule has 8 heavy (non-hydrogen) atoms. The van der Waals surface area contributed by atoms with E-state index in [4.69, 9.17) is 10.8 Å². The van der Waals surface area contributed by atoms with E-state index in [9.17, 15) is 0 Å². The molecule has 3 N–H and O–H groups in total. The van der Waals surface area contributed by atoms with Gasteiger partial charge in [0.05, 0.1) is 6.10 Å². The first-order chi connectivity index (χ1) is 3.72. The van der Waals surface area contributed by atoms with E-state index in [1.165, 1.54) is 0 Å². The van der Waals surface area contributed by atoms with Gasteiger partial charge in [-0.05, 0) is 18.8 Å². The molecule has 1 aliphatic carbocycles. The standard InChI is InChI=1S/C6H13NO/c1-4-5(7)2-3-6(4)8/h4-6,8H,2-3,7H2,1H3. The van der Waals surface area contributed by atoms with Crippen molar-refractivity contribution < 1.29 is 5.11 Å². The fourth-order valence-electron chi connectivity index (χ4n) is 1.17. The van der Waals surface area contributed by atoms with Gasteiger partial charge in [-0.2, -0.15) is 0 Å². The topological polar surface area (TPSA) is 46.2 Å². The van der Waals surface area contributed by atoms with Crippen molar-refractivity contribution in [3.05, 3.63) is 0 Å². The van der Waals surface area contributed by atoms with Crippen LogP contribution < -0.4 is 5.73 Å². The highest BCUT2D eigenvalue weighted by Crippen LogP contribution is 2.23. The normalized spacial score (nSPS) is 47.6. The highest BCUT2D eigenvalue weighted by Gasteiger charge is 2.27. The highest BCUT2D eigenvalue weighted by atomic mass is 16.3. The fourth-order valence-corrected chi connectivity index (χ4v) is 1.17. The largest absolute Gasteiger partial charge is 0.393 e. The summed E-state index contributed by atoms with van der Waals surface area (Å²) in [7, 11) is 0. The molecule has 1 fully saturated rings. The molecule has 0 saturated heterocycles. The third kappa shape index (κ3) is 0.858. The van der Waals surface area contributed by atoms with Gasteiger partial charge >= 0.3 is 0 Å². The van der Waals surface area contributed by atoms with Gasteiger partial charge in [0, 0.05) is 6.04 Å². The molecule has 1 saturated carbocycles. The Balaban J connectivity index is 2.44. The molecule has 0 aromatic heterocycles. The summed E-state index contributed by atoms with van der Waals surface area (Å²) in [5.41, 5.74) is 5.61. The van der Waals surface area contributed by atoms with Crippen molar-refractivity contribution in [2.45, 2.75) is 31.9 Å². The van der Waals surface area contributed by atoms with Gasteiger partial charge < -0.3 is 10.8 Å². The van der Waals surface area contributed by atoms with E-state index in [0.717, 1.165) is 12.8 Å². The molecule has 1 rings (SSSR count). The number of aliphatic hydroxyl groups is 1. The minimum atomic E-state index is -0.134. The van der Waals surface area contributed by atoms with Crippen LogP contribution in [0.5, 0.6) is 0 Å². The molecule has 0 spiro atoms. The summed E-state index contributed by atoms with van der Waals surface area (Å²) in [6.07, 6.45) is 1.75. The predicted molar refractivity (Wildman–Crippen MR) is 32.4 cm³/mol. The molecular weight excluding hydrogens is 102 g/mol. The van der Waals surface area contributed by atoms with Crippen molar-refractivity contribution in [1.82, 2.24) is 0 Å². The van der Waals surface area contributed by atoms with E-state index >= 15 is 0 Å². The van der Waals surface area contributed by atoms with E-state index < -0.39 is 0 Å². The second-order valence-corrected chi connectivity index (χ2v) is 2.67. The van der Waals surface area contributed by atoms with Crippen LogP contribution in [0.15, 0.2) is 0 Å². The second kappa shape index (κ2) is 2.03. The van der Waals surface area contributed by atoms with Gasteiger partial charge in [0.2, 0.25) is 0 Å². The van der Waals surface area contributed by atoms with Crippen molar-refractivity contribution in [2.24, 2.45) is 11.7 Å². The molecule has 0 aromatic rings. The molecule has 48 valence electrons. The smallest absolute Gasteiger partial charge is 0.0581 e. The van der Waals surface area contributed by atoms with E-state index in [0.29, 0.717) is 5.92 Å². The zero-order valence-electron chi connectivity index (χ0n) is 5.17. The van der Waals surface area contributed by atoms with Gasteiger partial charge in [0.1, 0.15) is 0 Å². The van der Waals surface area contributed by atoms with Gasteiger partial charge in [-0.25, -0.2) is 0 Å². The van der Waals surface area contributed by atoms with Crippen LogP contribution in [0.2, 0.25) is 0 Å². The average molecular weight is 115 g/mol. The molecule has 0 amide bonds. The van der Waals surface area contributed by atoms with Gasteiger partial charge in [-0.15, -0.1) is 0 Å². The Morgan fingerprint density at radius 2 is 2.12 bits per heavy atom. The first kappa shape index (κ1) is 6.05. The number of rotatable bonds is 0. The Labute approximate surface area is 49.7 Å². The lowest BCUT2D eigenvalue weighted by Gasteiger charge is -2.10. The summed E-state index contributed by atoms with van der Waals surface area (Å²) in [6.45, 7) is 2.00. The quantitative estimate of drug-likeness (QED) is 0.470. The van der Waals surface area contributed by atoms with Crippen LogP contribution in [0, 0.1) is 5.92 Å². The SMILES string of the molecule is CC1C(N)CCC1O. The van der Waals surface area contributed by atoms with Crippen LogP contribution in [0.1, 0.15) is 19.8 Å². The Hall–Kier alpha value is -0.0800. The van der Waals surface area contributed by atoms with Crippen molar-refractivity contribution >= 4 is 0 Å². The lowest BCUT2D eigenvalue weighted by Crippen LogP contribution is -2.26. The van der Waals surface area contributed by atoms with E-state index in [1.54, 1.807) is 0 Å². The Bertz CT molecular complexity index is 74.6. The van der Waals surface area contributed by atoms with Crippen LogP contribution in [0.25, 0.3) is 0 Å². The van der Waals surface area contributed by atoms with Crippen molar-refractivity contribution in [1.29, 1.82) is 0 Å². The molecule has 3 atom stereocenters. The maximum Gasteiger partial charge on any atom is 0.0581 e. The number of nitrogens with two attached hydrogens (primary N) is 1. The van der Waals surface area contributed by atoms with Crippen molar-refractivity contribution in [3.63, 3.8) is 0 Å². The molecule has 2 nitrogen and oxygen atoms in total. The first-order valence-corrected chi connectivity index (χ1v) is 3.15. The highest BCUT2D eigenvalue weighted by molar-refractivity contribution is 4.83. The Morgan fingerprint density at radius 3 is 2.25 bits per heavy atom. The molecule has 1 aliphatic rings. The molecular formula is C6H13NO. The van der Waals surface area contributed by atoms with Crippen LogP contribution in [0.4, 0.5) is 0 Å². The summed E-state index contributed by atoms with van der Waals surface area (Å²) in [6, 6.07) is 0.241. The van der Waals surface area contributed by atoms with Crippen molar-refractivity contribution in [3.8, 4) is 0 Å². The molecule has 0 bridgehead atoms. The van der Waals surface area contributed by atoms with Crippen LogP contribution >= 0.6 is 0 Å². The molecule has 0 aliphatic heterocycles. The van der Waals surface area contributed by atoms with E-state index in [1.807, 2.05) is 6.92 Å². The molecule has 3 unspecified atom stereocenters. The lowest BCUT2D eigenvalue weighted by molar-refractivity contribution is 0.137. The van der Waals surface area contributed by atoms with Gasteiger partial charge in [-0.3, -0.25) is 0 Å². The monoisotopic (exact) mass is 115 g/mol. The minimum absolute atomic E-state index is 0.134. The Kier molecular flexibility index (Phi) is 1.54. The number of hydrogen-bond acceptors (Lipinski definition) is 2. The van der Waals surface area contributed by atoms with Gasteiger partial charge in [-0.1, -0.05) is 6.92 Å². The molecule has 0 heterocycles. The maximum atomic E-state index is 9.09. The van der Waals surface area contributed by atoms with Gasteiger partial charge in [0.25, 0.3) is 0 Å². The van der Waals surface area contributed by atoms with E-state index in [-0.39, 0.29) is 12.1 Å². The third-order valence-electron chi connectivity index (χ3n) is 2.08. The maximum absolute atomic E-state index is 9.09. The van der Waals surface area contributed by atoms with Crippen LogP contribution in [0.3, 0.4) is 0 Å².